The smallest absolute Gasteiger partial charge is 0.164 e. The molecule has 0 saturated carbocycles. The van der Waals surface area contributed by atoms with Gasteiger partial charge >= 0.3 is 0 Å². The molecule has 0 spiro atoms. The molecule has 2 aliphatic rings. The van der Waals surface area contributed by atoms with Gasteiger partial charge in [0.25, 0.3) is 0 Å². The maximum absolute atomic E-state index is 12.2. The molecule has 4 rings (SSSR count). The second kappa shape index (κ2) is 7.79. The molecule has 2 aromatic carbocycles. The highest BCUT2D eigenvalue weighted by atomic mass is 32.2. The number of aliphatic imine (C=N–C) groups is 1. The summed E-state index contributed by atoms with van der Waals surface area (Å²) in [7, 11) is -3.03. The number of hydrogen-bond acceptors (Lipinski definition) is 6. The second-order valence-corrected chi connectivity index (χ2v) is 10.5. The number of nitrogens with zero attached hydrogens (tertiary/aromatic N) is 2. The number of amidine groups is 1. The maximum Gasteiger partial charge on any atom is 0.164 e. The van der Waals surface area contributed by atoms with Crippen molar-refractivity contribution in [2.75, 3.05) is 28.8 Å². The first-order chi connectivity index (χ1) is 13.4. The average Bonchev–Trinajstić information content (AvgIpc) is 3.11. The number of ether oxygens (including phenoxy) is 1. The van der Waals surface area contributed by atoms with Crippen LogP contribution in [-0.4, -0.2) is 49.5 Å². The van der Waals surface area contributed by atoms with Gasteiger partial charge in [-0.3, -0.25) is 4.99 Å². The van der Waals surface area contributed by atoms with E-state index in [4.69, 9.17) is 9.73 Å². The van der Waals surface area contributed by atoms with E-state index in [0.29, 0.717) is 6.61 Å². The van der Waals surface area contributed by atoms with E-state index in [9.17, 15) is 8.42 Å². The third kappa shape index (κ3) is 4.05. The van der Waals surface area contributed by atoms with Crippen LogP contribution in [0.1, 0.15) is 11.1 Å². The molecule has 2 aromatic rings. The number of sulfone groups is 1. The van der Waals surface area contributed by atoms with Crippen molar-refractivity contribution in [3.8, 4) is 5.75 Å². The molecule has 2 heterocycles. The Labute approximate surface area is 170 Å². The first-order valence-corrected chi connectivity index (χ1v) is 12.2. The van der Waals surface area contributed by atoms with Gasteiger partial charge in [-0.15, -0.1) is 0 Å². The zero-order valence-corrected chi connectivity index (χ0v) is 17.7. The zero-order chi connectivity index (χ0) is 19.7. The number of hydrogen-bond donors (Lipinski definition) is 0. The van der Waals surface area contributed by atoms with Crippen LogP contribution in [0, 0.1) is 13.8 Å². The lowest BCUT2D eigenvalue weighted by Gasteiger charge is -2.28. The number of rotatable bonds is 5. The normalized spacial score (nSPS) is 22.8. The van der Waals surface area contributed by atoms with Crippen LogP contribution in [0.5, 0.6) is 5.75 Å². The van der Waals surface area contributed by atoms with E-state index in [2.05, 4.69) is 36.9 Å². The topological polar surface area (TPSA) is 59.0 Å². The highest BCUT2D eigenvalue weighted by Crippen LogP contribution is 2.36. The Hall–Kier alpha value is -1.99. The van der Waals surface area contributed by atoms with Crippen molar-refractivity contribution in [1.29, 1.82) is 0 Å². The number of thioether (sulfide) groups is 1. The van der Waals surface area contributed by atoms with Crippen molar-refractivity contribution in [3.63, 3.8) is 0 Å². The summed E-state index contributed by atoms with van der Waals surface area (Å²) in [4.78, 5) is 6.92. The van der Waals surface area contributed by atoms with Gasteiger partial charge < -0.3 is 9.64 Å². The first-order valence-electron chi connectivity index (χ1n) is 9.38. The lowest BCUT2D eigenvalue weighted by Crippen LogP contribution is -2.39. The fourth-order valence-corrected chi connectivity index (χ4v) is 6.58. The number of aryl methyl sites for hydroxylation is 2. The molecule has 28 heavy (non-hydrogen) atoms. The minimum atomic E-state index is -3.03. The van der Waals surface area contributed by atoms with Gasteiger partial charge in [0.2, 0.25) is 0 Å². The minimum Gasteiger partial charge on any atom is -0.493 e. The second-order valence-electron chi connectivity index (χ2n) is 7.29. The number of fused-ring (bicyclic) bond motifs is 1. The van der Waals surface area contributed by atoms with Crippen LogP contribution in [0.4, 0.5) is 5.69 Å². The van der Waals surface area contributed by atoms with Crippen LogP contribution in [0.25, 0.3) is 0 Å². The minimum absolute atomic E-state index is 0.107. The van der Waals surface area contributed by atoms with Crippen molar-refractivity contribution >= 4 is 32.5 Å². The van der Waals surface area contributed by atoms with Crippen LogP contribution >= 0.6 is 11.8 Å². The largest absolute Gasteiger partial charge is 0.493 e. The predicted octanol–water partition coefficient (Wildman–Crippen LogP) is 3.46. The summed E-state index contributed by atoms with van der Waals surface area (Å²) in [6.07, 6.45) is 0. The SMILES string of the molecule is Cc1ccc(N2C(SCCOc3ccccc3)=N[C@@H]3CS(=O)(=O)C[C@@H]32)c(C)c1. The molecule has 1 saturated heterocycles. The number of benzene rings is 2. The molecule has 5 nitrogen and oxygen atoms in total. The summed E-state index contributed by atoms with van der Waals surface area (Å²) >= 11 is 1.63. The van der Waals surface area contributed by atoms with Gasteiger partial charge in [0.1, 0.15) is 5.75 Å². The Balaban J connectivity index is 1.50. The van der Waals surface area contributed by atoms with Gasteiger partial charge in [-0.2, -0.15) is 0 Å². The fraction of sp³-hybridized carbons (Fsp3) is 0.381. The highest BCUT2D eigenvalue weighted by molar-refractivity contribution is 8.14. The fourth-order valence-electron chi connectivity index (χ4n) is 3.80. The van der Waals surface area contributed by atoms with E-state index in [1.165, 1.54) is 5.56 Å². The van der Waals surface area contributed by atoms with Gasteiger partial charge in [-0.05, 0) is 37.6 Å². The standard InChI is InChI=1S/C21H24N2O3S2/c1-15-8-9-19(16(2)12-15)23-20-14-28(24,25)13-18(20)22-21(23)27-11-10-26-17-6-4-3-5-7-17/h3-9,12,18,20H,10-11,13-14H2,1-2H3/t18-,20+/m1/s1. The van der Waals surface area contributed by atoms with E-state index in [1.54, 1.807) is 11.8 Å². The number of para-hydroxylation sites is 1. The maximum atomic E-state index is 12.2. The summed E-state index contributed by atoms with van der Waals surface area (Å²) in [5, 5.41) is 0.897. The Morgan fingerprint density at radius 1 is 1.14 bits per heavy atom. The molecule has 0 aromatic heterocycles. The molecule has 7 heteroatoms. The van der Waals surface area contributed by atoms with E-state index in [-0.39, 0.29) is 23.6 Å². The summed E-state index contributed by atoms with van der Waals surface area (Å²) < 4.78 is 30.1. The Morgan fingerprint density at radius 3 is 2.68 bits per heavy atom. The Bertz CT molecular complexity index is 990. The summed E-state index contributed by atoms with van der Waals surface area (Å²) in [5.74, 6) is 1.91. The van der Waals surface area contributed by atoms with Crippen molar-refractivity contribution in [1.82, 2.24) is 0 Å². The molecule has 1 fully saturated rings. The van der Waals surface area contributed by atoms with Crippen LogP contribution in [0.2, 0.25) is 0 Å². The molecule has 0 N–H and O–H groups in total. The van der Waals surface area contributed by atoms with E-state index in [0.717, 1.165) is 27.9 Å². The van der Waals surface area contributed by atoms with E-state index < -0.39 is 9.84 Å². The van der Waals surface area contributed by atoms with Gasteiger partial charge in [0.15, 0.2) is 15.0 Å². The third-order valence-electron chi connectivity index (χ3n) is 5.05. The molecular weight excluding hydrogens is 392 g/mol. The van der Waals surface area contributed by atoms with Crippen molar-refractivity contribution < 1.29 is 13.2 Å². The quantitative estimate of drug-likeness (QED) is 0.699. The Kier molecular flexibility index (Phi) is 5.38. The van der Waals surface area contributed by atoms with Gasteiger partial charge in [-0.1, -0.05) is 47.7 Å². The van der Waals surface area contributed by atoms with Gasteiger partial charge in [0, 0.05) is 11.4 Å². The molecule has 0 bridgehead atoms. The molecule has 0 unspecified atom stereocenters. The van der Waals surface area contributed by atoms with Crippen molar-refractivity contribution in [2.24, 2.45) is 4.99 Å². The molecule has 148 valence electrons. The predicted molar refractivity (Wildman–Crippen MR) is 116 cm³/mol. The third-order valence-corrected chi connectivity index (χ3v) is 7.68. The summed E-state index contributed by atoms with van der Waals surface area (Å²) in [5.41, 5.74) is 3.38. The van der Waals surface area contributed by atoms with E-state index >= 15 is 0 Å². The van der Waals surface area contributed by atoms with E-state index in [1.807, 2.05) is 30.3 Å². The first kappa shape index (κ1) is 19.3. The summed E-state index contributed by atoms with van der Waals surface area (Å²) in [6.45, 7) is 4.70. The van der Waals surface area contributed by atoms with Crippen molar-refractivity contribution in [2.45, 2.75) is 25.9 Å². The van der Waals surface area contributed by atoms with Crippen LogP contribution in [0.3, 0.4) is 0 Å². The molecule has 2 aliphatic heterocycles. The monoisotopic (exact) mass is 416 g/mol. The average molecular weight is 417 g/mol. The molecular formula is C21H24N2O3S2. The van der Waals surface area contributed by atoms with Crippen molar-refractivity contribution in [3.05, 3.63) is 59.7 Å². The molecule has 0 radical (unpaired) electrons. The number of anilines is 1. The highest BCUT2D eigenvalue weighted by Gasteiger charge is 2.47. The van der Waals surface area contributed by atoms with Gasteiger partial charge in [-0.25, -0.2) is 8.42 Å². The lowest BCUT2D eigenvalue weighted by atomic mass is 10.1. The van der Waals surface area contributed by atoms with Gasteiger partial charge in [0.05, 0.1) is 30.2 Å². The van der Waals surface area contributed by atoms with Crippen LogP contribution in [-0.2, 0) is 9.84 Å². The van der Waals surface area contributed by atoms with Crippen LogP contribution in [0.15, 0.2) is 53.5 Å². The molecule has 0 amide bonds. The molecule has 2 atom stereocenters. The Morgan fingerprint density at radius 2 is 1.93 bits per heavy atom. The van der Waals surface area contributed by atoms with Crippen LogP contribution < -0.4 is 9.64 Å². The summed E-state index contributed by atoms with van der Waals surface area (Å²) in [6, 6.07) is 15.7. The molecule has 0 aliphatic carbocycles. The zero-order valence-electron chi connectivity index (χ0n) is 16.0. The lowest BCUT2D eigenvalue weighted by molar-refractivity contribution is 0.344.